The zero-order valence-corrected chi connectivity index (χ0v) is 15.0. The monoisotopic (exact) mass is 343 g/mol. The van der Waals surface area contributed by atoms with Crippen LogP contribution in [-0.2, 0) is 0 Å². The molecule has 126 valence electrons. The van der Waals surface area contributed by atoms with Crippen LogP contribution in [0.25, 0.3) is 5.70 Å². The van der Waals surface area contributed by atoms with Gasteiger partial charge in [0.15, 0.2) is 0 Å². The quantitative estimate of drug-likeness (QED) is 0.817. The third kappa shape index (κ3) is 3.34. The lowest BCUT2D eigenvalue weighted by atomic mass is 10.1. The van der Waals surface area contributed by atoms with Gasteiger partial charge in [0.25, 0.3) is 0 Å². The number of halogens is 1. The van der Waals surface area contributed by atoms with Crippen LogP contribution in [0, 0.1) is 6.92 Å². The molecule has 0 saturated carbocycles. The van der Waals surface area contributed by atoms with Gasteiger partial charge in [-0.2, -0.15) is 0 Å². The highest BCUT2D eigenvalue weighted by Crippen LogP contribution is 2.35. The zero-order chi connectivity index (χ0) is 17.1. The summed E-state index contributed by atoms with van der Waals surface area (Å²) in [5.41, 5.74) is 4.36. The number of benzene rings is 2. The molecule has 1 aliphatic rings. The number of aryl methyl sites for hydroxylation is 1. The van der Waals surface area contributed by atoms with Gasteiger partial charge in [-0.3, -0.25) is 9.73 Å². The molecule has 0 fully saturated rings. The molecular weight excluding hydrogens is 321 g/mol. The summed E-state index contributed by atoms with van der Waals surface area (Å²) in [6, 6.07) is 16.4. The average Bonchev–Trinajstić information content (AvgIpc) is 2.93. The van der Waals surface area contributed by atoms with Crippen molar-refractivity contribution in [2.24, 2.45) is 0 Å². The fourth-order valence-corrected chi connectivity index (χ4v) is 3.37. The highest BCUT2D eigenvalue weighted by atomic mass is 32.2. The summed E-state index contributed by atoms with van der Waals surface area (Å²) >= 11 is 1.57. The minimum atomic E-state index is -0.407. The Morgan fingerprint density at radius 3 is 2.33 bits per heavy atom. The maximum atomic E-state index is 13.4. The van der Waals surface area contributed by atoms with E-state index >= 15 is 0 Å². The molecule has 2 aromatic rings. The van der Waals surface area contributed by atoms with Gasteiger partial charge < -0.3 is 0 Å². The van der Waals surface area contributed by atoms with E-state index in [9.17, 15) is 4.39 Å². The van der Waals surface area contributed by atoms with Crippen LogP contribution in [0.5, 0.6) is 0 Å². The molecule has 3 rings (SSSR count). The molecule has 24 heavy (non-hydrogen) atoms. The number of rotatable bonds is 5. The van der Waals surface area contributed by atoms with E-state index in [0.717, 1.165) is 21.8 Å². The third-order valence-electron chi connectivity index (χ3n) is 4.18. The Labute approximate surface area is 147 Å². The van der Waals surface area contributed by atoms with E-state index in [0.29, 0.717) is 0 Å². The maximum Gasteiger partial charge on any atom is 0.110 e. The minimum absolute atomic E-state index is 0.243. The first-order valence-corrected chi connectivity index (χ1v) is 8.77. The van der Waals surface area contributed by atoms with Crippen molar-refractivity contribution >= 4 is 23.3 Å². The van der Waals surface area contributed by atoms with Gasteiger partial charge in [-0.05, 0) is 61.8 Å². The molecule has 3 nitrogen and oxygen atoms in total. The summed E-state index contributed by atoms with van der Waals surface area (Å²) in [5, 5.41) is 4.04. The van der Waals surface area contributed by atoms with E-state index in [1.54, 1.807) is 11.9 Å². The third-order valence-corrected chi connectivity index (χ3v) is 4.89. The molecule has 5 heteroatoms. The SMILES string of the molecule is CNSc1ccc(N2C(c3ccc(C)cc3)=CC(CF)N2C)cc1. The van der Waals surface area contributed by atoms with E-state index in [4.69, 9.17) is 0 Å². The van der Waals surface area contributed by atoms with Gasteiger partial charge in [-0.25, -0.2) is 9.40 Å². The first-order valence-electron chi connectivity index (χ1n) is 7.95. The number of hydrogen-bond donors (Lipinski definition) is 1. The van der Waals surface area contributed by atoms with Gasteiger partial charge in [0.1, 0.15) is 6.67 Å². The summed E-state index contributed by atoms with van der Waals surface area (Å²) in [6.45, 7) is 1.66. The number of nitrogens with zero attached hydrogens (tertiary/aromatic N) is 2. The number of likely N-dealkylation sites (N-methyl/N-ethyl adjacent to an activating group) is 1. The second kappa shape index (κ2) is 7.38. The van der Waals surface area contributed by atoms with Crippen LogP contribution in [0.15, 0.2) is 59.5 Å². The summed E-state index contributed by atoms with van der Waals surface area (Å²) < 4.78 is 16.5. The van der Waals surface area contributed by atoms with Crippen molar-refractivity contribution in [1.82, 2.24) is 9.73 Å². The van der Waals surface area contributed by atoms with Crippen molar-refractivity contribution < 1.29 is 4.39 Å². The number of hydrazine groups is 1. The molecule has 1 heterocycles. The van der Waals surface area contributed by atoms with Crippen LogP contribution in [0.2, 0.25) is 0 Å². The molecule has 0 aliphatic carbocycles. The van der Waals surface area contributed by atoms with Gasteiger partial charge in [0.2, 0.25) is 0 Å². The van der Waals surface area contributed by atoms with Crippen molar-refractivity contribution in [3.8, 4) is 0 Å². The molecule has 2 aromatic carbocycles. The Kier molecular flexibility index (Phi) is 5.23. The van der Waals surface area contributed by atoms with Crippen LogP contribution in [0.3, 0.4) is 0 Å². The van der Waals surface area contributed by atoms with E-state index in [-0.39, 0.29) is 6.04 Å². The number of nitrogens with one attached hydrogen (secondary N) is 1. The highest BCUT2D eigenvalue weighted by Gasteiger charge is 2.31. The van der Waals surface area contributed by atoms with Crippen LogP contribution < -0.4 is 9.73 Å². The highest BCUT2D eigenvalue weighted by molar-refractivity contribution is 7.97. The van der Waals surface area contributed by atoms with Gasteiger partial charge in [0.05, 0.1) is 17.4 Å². The van der Waals surface area contributed by atoms with Crippen molar-refractivity contribution in [2.75, 3.05) is 25.8 Å². The largest absolute Gasteiger partial charge is 0.274 e. The Morgan fingerprint density at radius 1 is 1.08 bits per heavy atom. The predicted octanol–water partition coefficient (Wildman–Crippen LogP) is 4.27. The molecule has 1 aliphatic heterocycles. The second-order valence-corrected chi connectivity index (χ2v) is 6.91. The molecule has 0 radical (unpaired) electrons. The summed E-state index contributed by atoms with van der Waals surface area (Å²) in [7, 11) is 3.83. The molecule has 0 spiro atoms. The van der Waals surface area contributed by atoms with Crippen molar-refractivity contribution in [1.29, 1.82) is 0 Å². The van der Waals surface area contributed by atoms with Crippen LogP contribution in [0.1, 0.15) is 11.1 Å². The Balaban J connectivity index is 1.96. The molecule has 1 N–H and O–H groups in total. The molecule has 0 saturated heterocycles. The smallest absolute Gasteiger partial charge is 0.110 e. The molecule has 1 unspecified atom stereocenters. The minimum Gasteiger partial charge on any atom is -0.274 e. The fraction of sp³-hybridized carbons (Fsp3) is 0.263. The van der Waals surface area contributed by atoms with Gasteiger partial charge >= 0.3 is 0 Å². The average molecular weight is 343 g/mol. The lowest BCUT2D eigenvalue weighted by molar-refractivity contribution is 0.259. The Morgan fingerprint density at radius 2 is 1.75 bits per heavy atom. The molecule has 0 amide bonds. The number of alkyl halides is 1. The Hall–Kier alpha value is -1.82. The first-order chi connectivity index (χ1) is 11.6. The fourth-order valence-electron chi connectivity index (χ4n) is 2.86. The van der Waals surface area contributed by atoms with Gasteiger partial charge in [0, 0.05) is 11.9 Å². The lowest BCUT2D eigenvalue weighted by Gasteiger charge is -2.32. The Bertz CT molecular complexity index is 712. The topological polar surface area (TPSA) is 18.5 Å². The van der Waals surface area contributed by atoms with E-state index in [1.807, 2.05) is 25.2 Å². The van der Waals surface area contributed by atoms with Crippen molar-refractivity contribution in [2.45, 2.75) is 17.9 Å². The number of hydrogen-bond acceptors (Lipinski definition) is 4. The first kappa shape index (κ1) is 17.0. The standard InChI is InChI=1S/C19H22FN3S/c1-14-4-6-15(7-5-14)19-12-17(13-20)22(3)23(19)16-8-10-18(11-9-16)24-21-2/h4-12,17,21H,13H2,1-3H3. The molecule has 0 aromatic heterocycles. The molecule has 0 bridgehead atoms. The van der Waals surface area contributed by atoms with Crippen molar-refractivity contribution in [3.05, 3.63) is 65.7 Å². The van der Waals surface area contributed by atoms with Gasteiger partial charge in [-0.1, -0.05) is 29.8 Å². The van der Waals surface area contributed by atoms with Crippen molar-refractivity contribution in [3.63, 3.8) is 0 Å². The van der Waals surface area contributed by atoms with E-state index in [1.165, 1.54) is 5.56 Å². The van der Waals surface area contributed by atoms with Crippen LogP contribution >= 0.6 is 11.9 Å². The maximum absolute atomic E-state index is 13.4. The zero-order valence-electron chi connectivity index (χ0n) is 14.2. The summed E-state index contributed by atoms with van der Waals surface area (Å²) in [4.78, 5) is 1.14. The molecular formula is C19H22FN3S. The van der Waals surface area contributed by atoms with Crippen LogP contribution in [-0.4, -0.2) is 31.8 Å². The summed E-state index contributed by atoms with van der Waals surface area (Å²) in [5.74, 6) is 0. The number of anilines is 1. The normalized spacial score (nSPS) is 18.1. The van der Waals surface area contributed by atoms with E-state index in [2.05, 4.69) is 65.2 Å². The second-order valence-electron chi connectivity index (χ2n) is 5.83. The van der Waals surface area contributed by atoms with E-state index < -0.39 is 6.67 Å². The molecule has 1 atom stereocenters. The van der Waals surface area contributed by atoms with Gasteiger partial charge in [-0.15, -0.1) is 0 Å². The van der Waals surface area contributed by atoms with Crippen LogP contribution in [0.4, 0.5) is 10.1 Å². The lowest BCUT2D eigenvalue weighted by Crippen LogP contribution is -2.39. The summed E-state index contributed by atoms with van der Waals surface area (Å²) in [6.07, 6.45) is 2.00. The predicted molar refractivity (Wildman–Crippen MR) is 101 cm³/mol.